The van der Waals surface area contributed by atoms with Gasteiger partial charge in [-0.05, 0) is 114 Å². The molecule has 4 aliphatic rings. The molecule has 0 atom stereocenters. The van der Waals surface area contributed by atoms with E-state index < -0.39 is 17.3 Å². The van der Waals surface area contributed by atoms with Crippen LogP contribution in [0.2, 0.25) is 0 Å². The van der Waals surface area contributed by atoms with E-state index in [0.29, 0.717) is 46.5 Å². The summed E-state index contributed by atoms with van der Waals surface area (Å²) in [7, 11) is 0. The van der Waals surface area contributed by atoms with Crippen molar-refractivity contribution in [3.63, 3.8) is 0 Å². The Kier molecular flexibility index (Phi) is 10.5. The van der Waals surface area contributed by atoms with E-state index in [-0.39, 0.29) is 5.91 Å². The lowest BCUT2D eigenvalue weighted by atomic mass is 9.92. The van der Waals surface area contributed by atoms with E-state index in [9.17, 15) is 13.2 Å². The van der Waals surface area contributed by atoms with E-state index in [1.54, 1.807) is 6.07 Å². The zero-order valence-corrected chi connectivity index (χ0v) is 31.7. The van der Waals surface area contributed by atoms with Gasteiger partial charge in [0.15, 0.2) is 0 Å². The number of hydrogen-bond donors (Lipinski definition) is 1. The van der Waals surface area contributed by atoms with Gasteiger partial charge in [-0.15, -0.1) is 0 Å². The quantitative estimate of drug-likeness (QED) is 0.187. The van der Waals surface area contributed by atoms with Crippen LogP contribution in [-0.4, -0.2) is 90.0 Å². The van der Waals surface area contributed by atoms with Crippen molar-refractivity contribution in [2.24, 2.45) is 0 Å². The van der Waals surface area contributed by atoms with Gasteiger partial charge in [0.2, 0.25) is 0 Å². The Labute approximate surface area is 317 Å². The van der Waals surface area contributed by atoms with Crippen LogP contribution in [0.5, 0.6) is 0 Å². The third-order valence-corrected chi connectivity index (χ3v) is 12.4. The molecule has 54 heavy (non-hydrogen) atoms. The highest BCUT2D eigenvalue weighted by Crippen LogP contribution is 2.46. The molecule has 1 aliphatic carbocycles. The topological polar surface area (TPSA) is 55.0 Å². The predicted molar refractivity (Wildman–Crippen MR) is 210 cm³/mol. The molecule has 3 aliphatic heterocycles. The molecule has 4 fully saturated rings. The van der Waals surface area contributed by atoms with Gasteiger partial charge in [0.05, 0.1) is 27.9 Å². The number of piperidine rings is 2. The number of piperazine rings is 1. The standard InChI is InChI=1S/C44H53F3N6O/c1-31(2)51-24-26-53(27-25-51)36-14-15-39-37(29-36)40(42(54)49-43(18-19-43)33-11-5-3-6-12-33)38(41(48-39)32-10-9-13-34(28-32)44(45,46)47)30-50-22-16-35(17-23-50)52-20-7-4-8-21-52/h3,5-6,9-15,28-29,31,35H,4,7-8,16-27,30H2,1-2H3,(H,49,54). The van der Waals surface area contributed by atoms with E-state index in [2.05, 4.69) is 63.0 Å². The van der Waals surface area contributed by atoms with Crippen LogP contribution in [0.25, 0.3) is 22.2 Å². The fraction of sp³-hybridized carbons (Fsp3) is 0.500. The maximum Gasteiger partial charge on any atom is 0.416 e. The minimum absolute atomic E-state index is 0.197. The minimum atomic E-state index is -4.51. The van der Waals surface area contributed by atoms with Crippen molar-refractivity contribution in [3.05, 3.63) is 95.1 Å². The number of carbonyl (C=O) groups is 1. The number of alkyl halides is 3. The second-order valence-corrected chi connectivity index (χ2v) is 16.2. The first-order valence-electron chi connectivity index (χ1n) is 20.1. The predicted octanol–water partition coefficient (Wildman–Crippen LogP) is 8.32. The number of hydrogen-bond acceptors (Lipinski definition) is 6. The van der Waals surface area contributed by atoms with E-state index in [1.807, 2.05) is 24.3 Å². The lowest BCUT2D eigenvalue weighted by molar-refractivity contribution is -0.137. The average Bonchev–Trinajstić information content (AvgIpc) is 3.98. The number of likely N-dealkylation sites (tertiary alicyclic amines) is 2. The first-order valence-corrected chi connectivity index (χ1v) is 20.1. The molecule has 0 spiro atoms. The smallest absolute Gasteiger partial charge is 0.369 e. The van der Waals surface area contributed by atoms with E-state index >= 15 is 4.79 Å². The van der Waals surface area contributed by atoms with Crippen LogP contribution in [0, 0.1) is 0 Å². The molecule has 1 aromatic heterocycles. The lowest BCUT2D eigenvalue weighted by Crippen LogP contribution is -2.48. The minimum Gasteiger partial charge on any atom is -0.369 e. The summed E-state index contributed by atoms with van der Waals surface area (Å²) in [5.74, 6) is -0.197. The number of benzene rings is 3. The van der Waals surface area contributed by atoms with Crippen molar-refractivity contribution < 1.29 is 18.0 Å². The molecule has 1 saturated carbocycles. The van der Waals surface area contributed by atoms with Gasteiger partial charge in [0.1, 0.15) is 0 Å². The summed E-state index contributed by atoms with van der Waals surface area (Å²) in [5.41, 5.74) is 3.55. The van der Waals surface area contributed by atoms with Crippen molar-refractivity contribution in [2.45, 2.75) is 89.1 Å². The van der Waals surface area contributed by atoms with Crippen LogP contribution in [0.4, 0.5) is 18.9 Å². The molecule has 8 rings (SSSR count). The Hall–Kier alpha value is -3.99. The second-order valence-electron chi connectivity index (χ2n) is 16.2. The lowest BCUT2D eigenvalue weighted by Gasteiger charge is -2.40. The number of amides is 1. The van der Waals surface area contributed by atoms with Gasteiger partial charge in [-0.1, -0.05) is 48.9 Å². The number of fused-ring (bicyclic) bond motifs is 1. The number of carbonyl (C=O) groups excluding carboxylic acids is 1. The number of aromatic nitrogens is 1. The van der Waals surface area contributed by atoms with Crippen LogP contribution < -0.4 is 10.2 Å². The Bertz CT molecular complexity index is 1940. The summed E-state index contributed by atoms with van der Waals surface area (Å²) in [6.45, 7) is 12.6. The van der Waals surface area contributed by atoms with Gasteiger partial charge in [0, 0.05) is 67.0 Å². The number of anilines is 1. The molecule has 3 saturated heterocycles. The van der Waals surface area contributed by atoms with Gasteiger partial charge in [-0.25, -0.2) is 4.98 Å². The third kappa shape index (κ3) is 7.75. The van der Waals surface area contributed by atoms with E-state index in [4.69, 9.17) is 4.98 Å². The molecule has 0 radical (unpaired) electrons. The van der Waals surface area contributed by atoms with Crippen molar-refractivity contribution in [3.8, 4) is 11.3 Å². The Morgan fingerprint density at radius 2 is 1.57 bits per heavy atom. The molecule has 286 valence electrons. The summed E-state index contributed by atoms with van der Waals surface area (Å²) in [4.78, 5) is 30.1. The summed E-state index contributed by atoms with van der Waals surface area (Å²) < 4.78 is 42.4. The maximum absolute atomic E-state index is 15.1. The van der Waals surface area contributed by atoms with Crippen LogP contribution in [0.1, 0.15) is 85.8 Å². The SMILES string of the molecule is CC(C)N1CCN(c2ccc3nc(-c4cccc(C(F)(F)F)c4)c(CN4CCC(N5CCCCC5)CC4)c(C(=O)NC4(c5ccccc5)CC4)c3c2)CC1. The van der Waals surface area contributed by atoms with Gasteiger partial charge in [-0.2, -0.15) is 13.2 Å². The molecular weight excluding hydrogens is 686 g/mol. The highest BCUT2D eigenvalue weighted by molar-refractivity contribution is 6.10. The fourth-order valence-electron chi connectivity index (χ4n) is 9.08. The van der Waals surface area contributed by atoms with Crippen molar-refractivity contribution >= 4 is 22.5 Å². The van der Waals surface area contributed by atoms with Gasteiger partial charge < -0.3 is 15.1 Å². The second kappa shape index (κ2) is 15.3. The summed E-state index contributed by atoms with van der Waals surface area (Å²) in [6, 6.07) is 22.7. The van der Waals surface area contributed by atoms with Crippen LogP contribution in [0.15, 0.2) is 72.8 Å². The number of nitrogens with zero attached hydrogens (tertiary/aromatic N) is 5. The molecule has 7 nitrogen and oxygen atoms in total. The first-order chi connectivity index (χ1) is 26.1. The van der Waals surface area contributed by atoms with Crippen LogP contribution in [0.3, 0.4) is 0 Å². The fourth-order valence-corrected chi connectivity index (χ4v) is 9.08. The third-order valence-electron chi connectivity index (χ3n) is 12.4. The molecule has 10 heteroatoms. The van der Waals surface area contributed by atoms with Crippen molar-refractivity contribution in [1.82, 2.24) is 25.0 Å². The Morgan fingerprint density at radius 3 is 2.24 bits per heavy atom. The van der Waals surface area contributed by atoms with E-state index in [1.165, 1.54) is 31.4 Å². The summed E-state index contributed by atoms with van der Waals surface area (Å²) >= 11 is 0. The molecule has 0 unspecified atom stereocenters. The molecule has 3 aromatic carbocycles. The van der Waals surface area contributed by atoms with Crippen molar-refractivity contribution in [2.75, 3.05) is 57.3 Å². The number of halogens is 3. The normalized spacial score (nSPS) is 20.4. The van der Waals surface area contributed by atoms with Crippen LogP contribution >= 0.6 is 0 Å². The number of nitrogens with one attached hydrogen (secondary N) is 1. The van der Waals surface area contributed by atoms with Gasteiger partial charge in [0.25, 0.3) is 5.91 Å². The Morgan fingerprint density at radius 1 is 0.852 bits per heavy atom. The van der Waals surface area contributed by atoms with Gasteiger partial charge in [-0.3, -0.25) is 14.6 Å². The largest absolute Gasteiger partial charge is 0.416 e. The number of rotatable bonds is 9. The highest BCUT2D eigenvalue weighted by Gasteiger charge is 2.46. The molecular formula is C44H53F3N6O. The molecule has 4 heterocycles. The van der Waals surface area contributed by atoms with Crippen molar-refractivity contribution in [1.29, 1.82) is 0 Å². The molecule has 1 amide bonds. The van der Waals surface area contributed by atoms with Gasteiger partial charge >= 0.3 is 6.18 Å². The number of pyridine rings is 1. The average molecular weight is 739 g/mol. The maximum atomic E-state index is 15.1. The zero-order valence-electron chi connectivity index (χ0n) is 31.7. The zero-order chi connectivity index (χ0) is 37.5. The Balaban J connectivity index is 1.23. The van der Waals surface area contributed by atoms with E-state index in [0.717, 1.165) is 101 Å². The summed E-state index contributed by atoms with van der Waals surface area (Å²) in [5, 5.41) is 4.20. The summed E-state index contributed by atoms with van der Waals surface area (Å²) in [6.07, 6.45) is 3.02. The monoisotopic (exact) mass is 738 g/mol. The van der Waals surface area contributed by atoms with Crippen LogP contribution in [-0.2, 0) is 18.3 Å². The molecule has 0 bridgehead atoms. The first kappa shape index (κ1) is 37.0. The molecule has 1 N–H and O–H groups in total. The highest BCUT2D eigenvalue weighted by atomic mass is 19.4. The molecule has 4 aromatic rings.